The number of hydrogen-bond donors (Lipinski definition) is 2. The minimum atomic E-state index is -0.312. The fourth-order valence-corrected chi connectivity index (χ4v) is 6.12. The molecule has 1 aliphatic carbocycles. The zero-order valence-electron chi connectivity index (χ0n) is 22.0. The summed E-state index contributed by atoms with van der Waals surface area (Å²) in [6, 6.07) is 33.6. The molecule has 0 unspecified atom stereocenters. The Balaban J connectivity index is 0.00000289. The first-order valence-corrected chi connectivity index (χ1v) is 13.0. The first-order chi connectivity index (χ1) is 18.9. The van der Waals surface area contributed by atoms with Crippen molar-refractivity contribution < 1.29 is 31.3 Å². The molecular weight excluding hydrogens is 675 g/mol. The van der Waals surface area contributed by atoms with Crippen LogP contribution in [0.2, 0.25) is 0 Å². The van der Waals surface area contributed by atoms with Gasteiger partial charge in [-0.1, -0.05) is 92.7 Å². The second kappa shape index (κ2) is 9.73. The molecule has 5 aromatic carbocycles. The third-order valence-electron chi connectivity index (χ3n) is 7.89. The van der Waals surface area contributed by atoms with E-state index in [2.05, 4.69) is 50.2 Å². The van der Waals surface area contributed by atoms with Crippen molar-refractivity contribution in [2.45, 2.75) is 19.3 Å². The van der Waals surface area contributed by atoms with Crippen LogP contribution < -0.4 is 0 Å². The van der Waals surface area contributed by atoms with Crippen LogP contribution in [0.15, 0.2) is 108 Å². The minimum Gasteiger partial charge on any atom is -0.507 e. The summed E-state index contributed by atoms with van der Waals surface area (Å²) >= 11 is 0. The molecule has 1 aliphatic rings. The van der Waals surface area contributed by atoms with Crippen LogP contribution in [0, 0.1) is 0 Å². The Morgan fingerprint density at radius 3 is 2.30 bits per heavy atom. The van der Waals surface area contributed by atoms with Gasteiger partial charge in [0.1, 0.15) is 11.5 Å². The first-order valence-electron chi connectivity index (χ1n) is 13.0. The van der Waals surface area contributed by atoms with Gasteiger partial charge in [0.15, 0.2) is 0 Å². The molecular formula is C35H26N2O2Pt. The number of fused-ring (bicyclic) bond motifs is 5. The molecule has 1 aromatic heterocycles. The molecule has 0 saturated carbocycles. The van der Waals surface area contributed by atoms with Crippen molar-refractivity contribution in [3.05, 3.63) is 120 Å². The number of rotatable bonds is 3. The van der Waals surface area contributed by atoms with Crippen molar-refractivity contribution in [2.24, 2.45) is 4.99 Å². The number of aromatic nitrogens is 1. The second-order valence-electron chi connectivity index (χ2n) is 10.6. The van der Waals surface area contributed by atoms with Gasteiger partial charge in [-0.25, -0.2) is 4.98 Å². The maximum Gasteiger partial charge on any atom is 0.125 e. The number of phenols is 2. The summed E-state index contributed by atoms with van der Waals surface area (Å²) in [7, 11) is 0. The van der Waals surface area contributed by atoms with Crippen LogP contribution in [0.1, 0.15) is 30.7 Å². The molecule has 4 nitrogen and oxygen atoms in total. The van der Waals surface area contributed by atoms with E-state index in [-0.39, 0.29) is 38.0 Å². The second-order valence-corrected chi connectivity index (χ2v) is 10.6. The summed E-state index contributed by atoms with van der Waals surface area (Å²) < 4.78 is 0. The number of benzene rings is 5. The summed E-state index contributed by atoms with van der Waals surface area (Å²) in [5.41, 5.74) is 7.14. The van der Waals surface area contributed by atoms with Crippen LogP contribution in [0.5, 0.6) is 11.5 Å². The first kappa shape index (κ1) is 26.0. The van der Waals surface area contributed by atoms with E-state index >= 15 is 0 Å². The largest absolute Gasteiger partial charge is 0.507 e. The fourth-order valence-electron chi connectivity index (χ4n) is 6.12. The van der Waals surface area contributed by atoms with Crippen LogP contribution in [0.25, 0.3) is 43.9 Å². The van der Waals surface area contributed by atoms with Gasteiger partial charge in [0.25, 0.3) is 0 Å². The topological polar surface area (TPSA) is 65.7 Å². The molecule has 0 amide bonds. The molecule has 0 aliphatic heterocycles. The molecule has 198 valence electrons. The third kappa shape index (κ3) is 3.94. The Bertz CT molecular complexity index is 1970. The van der Waals surface area contributed by atoms with Gasteiger partial charge in [-0.05, 0) is 57.3 Å². The molecule has 5 heteroatoms. The number of phenolic OH excluding ortho intramolecular Hbond substituents is 2. The number of nitrogens with zero attached hydrogens (tertiary/aromatic N) is 2. The number of aromatic hydroxyl groups is 2. The number of hydrogen-bond acceptors (Lipinski definition) is 4. The molecule has 2 N–H and O–H groups in total. The van der Waals surface area contributed by atoms with E-state index in [0.29, 0.717) is 16.8 Å². The van der Waals surface area contributed by atoms with E-state index in [4.69, 9.17) is 9.98 Å². The maximum atomic E-state index is 11.3. The molecule has 0 bridgehead atoms. The SMILES string of the molecule is CC1(C)c2ccccc2-c2ccc(O)c(-c3nc(C=Nc4cccc5cccc(O)c45)cc4ccccc34)c21.[Pt]. The van der Waals surface area contributed by atoms with Crippen LogP contribution in [-0.2, 0) is 26.5 Å². The van der Waals surface area contributed by atoms with Gasteiger partial charge in [-0.2, -0.15) is 0 Å². The summed E-state index contributed by atoms with van der Waals surface area (Å²) in [5.74, 6) is 0.402. The van der Waals surface area contributed by atoms with Crippen LogP contribution in [-0.4, -0.2) is 21.4 Å². The van der Waals surface area contributed by atoms with Gasteiger partial charge in [0, 0.05) is 42.8 Å². The van der Waals surface area contributed by atoms with E-state index in [9.17, 15) is 10.2 Å². The molecule has 40 heavy (non-hydrogen) atoms. The quantitative estimate of drug-likeness (QED) is 0.182. The Morgan fingerprint density at radius 2 is 1.45 bits per heavy atom. The maximum absolute atomic E-state index is 11.3. The zero-order chi connectivity index (χ0) is 26.7. The van der Waals surface area contributed by atoms with Crippen molar-refractivity contribution >= 4 is 33.4 Å². The van der Waals surface area contributed by atoms with E-state index in [1.807, 2.05) is 54.6 Å². The average Bonchev–Trinajstić information content (AvgIpc) is 3.18. The predicted octanol–water partition coefficient (Wildman–Crippen LogP) is 8.52. The van der Waals surface area contributed by atoms with Crippen LogP contribution in [0.4, 0.5) is 5.69 Å². The minimum absolute atomic E-state index is 0. The molecule has 0 radical (unpaired) electrons. The normalized spacial score (nSPS) is 13.3. The average molecular weight is 702 g/mol. The Morgan fingerprint density at radius 1 is 0.725 bits per heavy atom. The Kier molecular flexibility index (Phi) is 6.32. The van der Waals surface area contributed by atoms with E-state index in [1.54, 1.807) is 18.3 Å². The molecule has 6 aromatic rings. The molecule has 0 fully saturated rings. The molecule has 0 spiro atoms. The smallest absolute Gasteiger partial charge is 0.125 e. The van der Waals surface area contributed by atoms with Crippen molar-refractivity contribution in [3.63, 3.8) is 0 Å². The third-order valence-corrected chi connectivity index (χ3v) is 7.89. The van der Waals surface area contributed by atoms with Crippen molar-refractivity contribution in [1.29, 1.82) is 0 Å². The summed E-state index contributed by atoms with van der Waals surface area (Å²) in [4.78, 5) is 9.84. The van der Waals surface area contributed by atoms with E-state index in [0.717, 1.165) is 38.5 Å². The van der Waals surface area contributed by atoms with Crippen molar-refractivity contribution in [3.8, 4) is 33.9 Å². The number of pyridine rings is 1. The van der Waals surface area contributed by atoms with E-state index in [1.165, 1.54) is 11.1 Å². The van der Waals surface area contributed by atoms with Gasteiger partial charge in [-0.3, -0.25) is 4.99 Å². The summed E-state index contributed by atoms with van der Waals surface area (Å²) in [5, 5.41) is 25.5. The predicted molar refractivity (Wildman–Crippen MR) is 159 cm³/mol. The molecule has 0 saturated heterocycles. The molecule has 1 heterocycles. The van der Waals surface area contributed by atoms with Gasteiger partial charge in [0.2, 0.25) is 0 Å². The summed E-state index contributed by atoms with van der Waals surface area (Å²) in [6.45, 7) is 4.42. The molecule has 0 atom stereocenters. The Labute approximate surface area is 247 Å². The van der Waals surface area contributed by atoms with Gasteiger partial charge in [-0.15, -0.1) is 0 Å². The fraction of sp³-hybridized carbons (Fsp3) is 0.0857. The zero-order valence-corrected chi connectivity index (χ0v) is 24.3. The van der Waals surface area contributed by atoms with Crippen LogP contribution in [0.3, 0.4) is 0 Å². The van der Waals surface area contributed by atoms with Gasteiger partial charge >= 0.3 is 0 Å². The number of aliphatic imine (C=N–C) groups is 1. The monoisotopic (exact) mass is 701 g/mol. The van der Waals surface area contributed by atoms with Crippen LogP contribution >= 0.6 is 0 Å². The Hall–Kier alpha value is -4.27. The van der Waals surface area contributed by atoms with Gasteiger partial charge < -0.3 is 10.2 Å². The van der Waals surface area contributed by atoms with E-state index < -0.39 is 0 Å². The van der Waals surface area contributed by atoms with Gasteiger partial charge in [0.05, 0.1) is 23.3 Å². The molecule has 7 rings (SSSR count). The summed E-state index contributed by atoms with van der Waals surface area (Å²) in [6.07, 6.45) is 1.73. The standard InChI is InChI=1S/C35H26N2O2.Pt/c1-35(2)27-14-6-5-13-25(27)26-17-18-30(39)32(33(26)35)34-24-12-4-3-9-22(24)19-23(37-34)20-36-28-15-7-10-21-11-8-16-29(38)31(21)28;/h3-20,38-39H,1-2H3;. The van der Waals surface area contributed by atoms with Crippen molar-refractivity contribution in [1.82, 2.24) is 4.98 Å². The van der Waals surface area contributed by atoms with Crippen molar-refractivity contribution in [2.75, 3.05) is 0 Å².